The van der Waals surface area contributed by atoms with Gasteiger partial charge in [-0.05, 0) is 13.0 Å². The van der Waals surface area contributed by atoms with Gasteiger partial charge in [0.25, 0.3) is 0 Å². The molecule has 0 bridgehead atoms. The van der Waals surface area contributed by atoms with Crippen molar-refractivity contribution < 1.29 is 99.2 Å². The summed E-state index contributed by atoms with van der Waals surface area (Å²) in [4.78, 5) is 11.3. The maximum absolute atomic E-state index is 11.3. The monoisotopic (exact) mass is 646 g/mol. The first-order valence-electron chi connectivity index (χ1n) is 13.6. The average Bonchev–Trinajstić information content (AvgIpc) is 2.98. The van der Waals surface area contributed by atoms with Gasteiger partial charge in [-0.15, -0.1) is 0 Å². The Morgan fingerprint density at radius 2 is 1.20 bits per heavy atom. The quantitative estimate of drug-likeness (QED) is 0.111. The van der Waals surface area contributed by atoms with Gasteiger partial charge in [0.15, 0.2) is 18.9 Å². The molecule has 0 spiro atoms. The molecule has 20 nitrogen and oxygen atoms in total. The number of carbonyl (C=O) groups is 1. The molecule has 20 heteroatoms. The highest BCUT2D eigenvalue weighted by Gasteiger charge is 2.53. The number of rotatable bonds is 9. The Morgan fingerprint density at radius 1 is 0.659 bits per heavy atom. The second-order valence-electron chi connectivity index (χ2n) is 10.7. The van der Waals surface area contributed by atoms with Gasteiger partial charge in [0, 0.05) is 0 Å². The zero-order valence-electron chi connectivity index (χ0n) is 23.0. The van der Waals surface area contributed by atoms with Crippen molar-refractivity contribution in [2.75, 3.05) is 13.2 Å². The normalized spacial score (nSPS) is 50.0. The Morgan fingerprint density at radius 3 is 1.80 bits per heavy atom. The minimum atomic E-state index is -1.97. The van der Waals surface area contributed by atoms with E-state index in [2.05, 4.69) is 0 Å². The molecular formula is C24H38O20. The van der Waals surface area contributed by atoms with Gasteiger partial charge in [-0.2, -0.15) is 0 Å². The van der Waals surface area contributed by atoms with Crippen molar-refractivity contribution in [2.45, 2.75) is 118 Å². The number of aliphatic hydroxyl groups excluding tert-OH is 11. The van der Waals surface area contributed by atoms with Crippen LogP contribution in [0.3, 0.4) is 0 Å². The van der Waals surface area contributed by atoms with Crippen LogP contribution >= 0.6 is 0 Å². The Balaban J connectivity index is 1.41. The fraction of sp³-hybridized carbons (Fsp3) is 0.875. The van der Waals surface area contributed by atoms with Crippen LogP contribution in [0.2, 0.25) is 0 Å². The number of hydrogen-bond donors (Lipinski definition) is 12. The van der Waals surface area contributed by atoms with Crippen molar-refractivity contribution in [1.82, 2.24) is 0 Å². The maximum Gasteiger partial charge on any atom is 0.371 e. The van der Waals surface area contributed by atoms with Crippen molar-refractivity contribution >= 4 is 5.97 Å². The predicted molar refractivity (Wildman–Crippen MR) is 131 cm³/mol. The van der Waals surface area contributed by atoms with Crippen LogP contribution in [-0.4, -0.2) is 191 Å². The highest BCUT2D eigenvalue weighted by atomic mass is 16.8. The molecule has 18 atom stereocenters. The first kappa shape index (κ1) is 35.2. The van der Waals surface area contributed by atoms with Crippen molar-refractivity contribution in [2.24, 2.45) is 0 Å². The summed E-state index contributed by atoms with van der Waals surface area (Å²) in [6.07, 6.45) is -30.1. The summed E-state index contributed by atoms with van der Waals surface area (Å²) in [5.41, 5.74) is 0. The fourth-order valence-electron chi connectivity index (χ4n) is 5.21. The molecule has 4 aliphatic heterocycles. The lowest BCUT2D eigenvalue weighted by Crippen LogP contribution is -2.66. The van der Waals surface area contributed by atoms with E-state index in [1.807, 2.05) is 0 Å². The van der Waals surface area contributed by atoms with Gasteiger partial charge in [-0.1, -0.05) is 0 Å². The summed E-state index contributed by atoms with van der Waals surface area (Å²) in [6, 6.07) is 0. The van der Waals surface area contributed by atoms with E-state index in [1.54, 1.807) is 0 Å². The number of aliphatic carboxylic acids is 1. The number of carboxylic acid groups (broad SMARTS) is 1. The molecule has 0 aromatic heterocycles. The first-order valence-corrected chi connectivity index (χ1v) is 13.6. The fourth-order valence-corrected chi connectivity index (χ4v) is 5.21. The lowest BCUT2D eigenvalue weighted by atomic mass is 9.96. The van der Waals surface area contributed by atoms with Crippen LogP contribution in [0.5, 0.6) is 0 Å². The van der Waals surface area contributed by atoms with Gasteiger partial charge >= 0.3 is 5.97 Å². The van der Waals surface area contributed by atoms with E-state index in [4.69, 9.17) is 38.3 Å². The summed E-state index contributed by atoms with van der Waals surface area (Å²) in [7, 11) is 0. The van der Waals surface area contributed by atoms with Gasteiger partial charge in [0.2, 0.25) is 12.0 Å². The number of aliphatic hydroxyl groups is 11. The highest BCUT2D eigenvalue weighted by Crippen LogP contribution is 2.33. The molecule has 3 fully saturated rings. The predicted octanol–water partition coefficient (Wildman–Crippen LogP) is -7.47. The zero-order valence-corrected chi connectivity index (χ0v) is 23.0. The van der Waals surface area contributed by atoms with Crippen LogP contribution in [0, 0.1) is 0 Å². The first-order chi connectivity index (χ1) is 20.7. The van der Waals surface area contributed by atoms with Crippen molar-refractivity contribution in [3.05, 3.63) is 11.8 Å². The van der Waals surface area contributed by atoms with Crippen LogP contribution in [0.25, 0.3) is 0 Å². The molecule has 0 aromatic carbocycles. The third-order valence-electron chi connectivity index (χ3n) is 7.72. The number of hydrogen-bond acceptors (Lipinski definition) is 19. The molecule has 4 rings (SSSR count). The van der Waals surface area contributed by atoms with E-state index >= 15 is 0 Å². The molecule has 0 saturated carbocycles. The summed E-state index contributed by atoms with van der Waals surface area (Å²) in [6.45, 7) is -0.281. The highest BCUT2D eigenvalue weighted by molar-refractivity contribution is 5.84. The molecule has 12 N–H and O–H groups in total. The van der Waals surface area contributed by atoms with Gasteiger partial charge in [-0.25, -0.2) is 4.79 Å². The molecule has 44 heavy (non-hydrogen) atoms. The molecule has 0 aromatic rings. The Hall–Kier alpha value is -1.67. The second kappa shape index (κ2) is 14.4. The largest absolute Gasteiger partial charge is 0.475 e. The van der Waals surface area contributed by atoms with Gasteiger partial charge < -0.3 is 94.4 Å². The third kappa shape index (κ3) is 7.01. The molecule has 0 unspecified atom stereocenters. The van der Waals surface area contributed by atoms with Gasteiger partial charge in [0.05, 0.1) is 19.3 Å². The molecule has 3 saturated heterocycles. The standard InChI is InChI=1S/C24H38O20/c1-5-17(12(30)14(32)23(38-5)44-19-11(29)8(3-25)39-21(37)16(19)34)42-24-15(33)13(31)18(9(4-26)41-24)43-22-10(28)6(27)2-7(40-22)20(35)36/h2,5-6,8-19,21-34,37H,3-4H2,1H3,(H,35,36)/t5-,6-,8+,9+,10+,11+,12-,13+,14+,15+,16+,17-,18+,19-,21+,22-,23-,24-/m0/s1. The lowest BCUT2D eigenvalue weighted by Gasteiger charge is -2.48. The van der Waals surface area contributed by atoms with E-state index in [0.29, 0.717) is 6.08 Å². The van der Waals surface area contributed by atoms with E-state index in [-0.39, 0.29) is 0 Å². The summed E-state index contributed by atoms with van der Waals surface area (Å²) in [5.74, 6) is -2.37. The van der Waals surface area contributed by atoms with E-state index < -0.39 is 136 Å². The molecule has 254 valence electrons. The Labute approximate surface area is 248 Å². The number of ether oxygens (including phenoxy) is 7. The topological polar surface area (TPSA) is 324 Å². The summed E-state index contributed by atoms with van der Waals surface area (Å²) in [5, 5.41) is 122. The number of carboxylic acids is 1. The lowest BCUT2D eigenvalue weighted by molar-refractivity contribution is -0.380. The van der Waals surface area contributed by atoms with Crippen molar-refractivity contribution in [1.29, 1.82) is 0 Å². The minimum Gasteiger partial charge on any atom is -0.475 e. The third-order valence-corrected chi connectivity index (χ3v) is 7.72. The van der Waals surface area contributed by atoms with Gasteiger partial charge in [-0.3, -0.25) is 0 Å². The van der Waals surface area contributed by atoms with Crippen LogP contribution < -0.4 is 0 Å². The van der Waals surface area contributed by atoms with E-state index in [0.717, 1.165) is 0 Å². The summed E-state index contributed by atoms with van der Waals surface area (Å²) >= 11 is 0. The average molecular weight is 647 g/mol. The summed E-state index contributed by atoms with van der Waals surface area (Å²) < 4.78 is 37.4. The van der Waals surface area contributed by atoms with Crippen LogP contribution in [-0.2, 0) is 38.0 Å². The smallest absolute Gasteiger partial charge is 0.371 e. The molecular weight excluding hydrogens is 608 g/mol. The molecule has 4 aliphatic rings. The van der Waals surface area contributed by atoms with Crippen LogP contribution in [0.4, 0.5) is 0 Å². The van der Waals surface area contributed by atoms with E-state index in [1.165, 1.54) is 6.92 Å². The van der Waals surface area contributed by atoms with Crippen molar-refractivity contribution in [3.8, 4) is 0 Å². The second-order valence-corrected chi connectivity index (χ2v) is 10.7. The van der Waals surface area contributed by atoms with Crippen LogP contribution in [0.15, 0.2) is 11.8 Å². The molecule has 0 amide bonds. The van der Waals surface area contributed by atoms with Crippen LogP contribution in [0.1, 0.15) is 6.92 Å². The van der Waals surface area contributed by atoms with E-state index in [9.17, 15) is 61.0 Å². The Bertz CT molecular complexity index is 997. The zero-order chi connectivity index (χ0) is 32.6. The van der Waals surface area contributed by atoms with Gasteiger partial charge in [0.1, 0.15) is 79.4 Å². The molecule has 4 heterocycles. The maximum atomic E-state index is 11.3. The minimum absolute atomic E-state index is 0.717. The Kier molecular flexibility index (Phi) is 11.5. The molecule has 0 radical (unpaired) electrons. The molecule has 0 aliphatic carbocycles. The van der Waals surface area contributed by atoms with Crippen molar-refractivity contribution in [3.63, 3.8) is 0 Å². The SMILES string of the molecule is C[C@@H]1O[C@@H](O[C@@H]2[C@@H](O)[C@H](O)O[C@H](CO)[C@H]2O)[C@H](O)[C@H](O)[C@H]1O[C@@H]1O[C@H](CO)[C@@H](O[C@@H]2OC(C(=O)O)=C[C@H](O)[C@H]2O)[C@H](O)[C@H]1O.